The predicted molar refractivity (Wildman–Crippen MR) is 119 cm³/mol. The van der Waals surface area contributed by atoms with Crippen molar-refractivity contribution in [2.24, 2.45) is 5.10 Å². The molecule has 0 radical (unpaired) electrons. The van der Waals surface area contributed by atoms with Crippen molar-refractivity contribution in [3.05, 3.63) is 53.6 Å². The van der Waals surface area contributed by atoms with Crippen LogP contribution in [0.2, 0.25) is 0 Å². The number of para-hydroxylation sites is 1. The Hall–Kier alpha value is -3.62. The molecule has 2 aliphatic heterocycles. The van der Waals surface area contributed by atoms with E-state index in [1.165, 1.54) is 0 Å². The Bertz CT molecular complexity index is 1050. The van der Waals surface area contributed by atoms with Crippen molar-refractivity contribution in [1.82, 2.24) is 20.3 Å². The van der Waals surface area contributed by atoms with Crippen LogP contribution < -0.4 is 10.7 Å². The first-order chi connectivity index (χ1) is 15.5. The number of nitrogens with one attached hydrogen (secondary N) is 2. The molecule has 0 unspecified atom stereocenters. The van der Waals surface area contributed by atoms with Crippen LogP contribution in [0.1, 0.15) is 59.9 Å². The maximum absolute atomic E-state index is 12.6. The highest BCUT2D eigenvalue weighted by Crippen LogP contribution is 2.26. The van der Waals surface area contributed by atoms with E-state index in [1.54, 1.807) is 13.1 Å². The largest absolute Gasteiger partial charge is 0.342 e. The topological polar surface area (TPSA) is 117 Å². The second kappa shape index (κ2) is 9.67. The summed E-state index contributed by atoms with van der Waals surface area (Å²) in [6.45, 7) is 3.02. The van der Waals surface area contributed by atoms with Gasteiger partial charge in [-0.1, -0.05) is 18.2 Å². The van der Waals surface area contributed by atoms with E-state index in [-0.39, 0.29) is 23.6 Å². The molecule has 0 bridgehead atoms. The fraction of sp³-hybridized carbons (Fsp3) is 0.391. The van der Waals surface area contributed by atoms with Gasteiger partial charge in [-0.25, -0.2) is 15.4 Å². The highest BCUT2D eigenvalue weighted by atomic mass is 16.2. The smallest absolute Gasteiger partial charge is 0.259 e. The van der Waals surface area contributed by atoms with Crippen molar-refractivity contribution >= 4 is 29.1 Å². The highest BCUT2D eigenvalue weighted by molar-refractivity contribution is 6.04. The molecule has 3 heterocycles. The average Bonchev–Trinajstić information content (AvgIpc) is 3.29. The first kappa shape index (κ1) is 21.6. The van der Waals surface area contributed by atoms with E-state index in [9.17, 15) is 14.4 Å². The van der Waals surface area contributed by atoms with Crippen molar-refractivity contribution < 1.29 is 14.4 Å². The maximum Gasteiger partial charge on any atom is 0.259 e. The molecule has 2 N–H and O–H groups in total. The van der Waals surface area contributed by atoms with Gasteiger partial charge in [0.05, 0.1) is 11.3 Å². The molecule has 32 heavy (non-hydrogen) atoms. The lowest BCUT2D eigenvalue weighted by atomic mass is 10.1. The molecular formula is C23H26N6O3. The van der Waals surface area contributed by atoms with E-state index in [0.717, 1.165) is 12.1 Å². The summed E-state index contributed by atoms with van der Waals surface area (Å²) in [5, 5.41) is 6.87. The molecule has 0 saturated carbocycles. The van der Waals surface area contributed by atoms with E-state index in [2.05, 4.69) is 25.8 Å². The zero-order valence-corrected chi connectivity index (χ0v) is 18.0. The van der Waals surface area contributed by atoms with Gasteiger partial charge in [0.1, 0.15) is 5.82 Å². The summed E-state index contributed by atoms with van der Waals surface area (Å²) in [7, 11) is 0. The summed E-state index contributed by atoms with van der Waals surface area (Å²) in [4.78, 5) is 47.2. The van der Waals surface area contributed by atoms with Gasteiger partial charge in [0.25, 0.3) is 5.91 Å². The van der Waals surface area contributed by atoms with Gasteiger partial charge < -0.3 is 10.2 Å². The molecule has 2 aromatic rings. The Labute approximate surface area is 186 Å². The van der Waals surface area contributed by atoms with Crippen LogP contribution in [-0.4, -0.2) is 51.4 Å². The van der Waals surface area contributed by atoms with Crippen molar-refractivity contribution in [1.29, 1.82) is 0 Å². The van der Waals surface area contributed by atoms with E-state index < -0.39 is 0 Å². The molecule has 2 aliphatic rings. The van der Waals surface area contributed by atoms with Crippen LogP contribution in [0.4, 0.5) is 5.69 Å². The van der Waals surface area contributed by atoms with E-state index >= 15 is 0 Å². The minimum absolute atomic E-state index is 0.0511. The molecule has 1 fully saturated rings. The number of amides is 3. The first-order valence-corrected chi connectivity index (χ1v) is 10.8. The molecule has 0 spiro atoms. The number of aromatic nitrogens is 2. The molecule has 0 aliphatic carbocycles. The van der Waals surface area contributed by atoms with Gasteiger partial charge in [-0.15, -0.1) is 0 Å². The molecule has 1 aromatic heterocycles. The summed E-state index contributed by atoms with van der Waals surface area (Å²) in [5.41, 5.74) is 5.09. The first-order valence-electron chi connectivity index (χ1n) is 10.8. The summed E-state index contributed by atoms with van der Waals surface area (Å²) >= 11 is 0. The van der Waals surface area contributed by atoms with E-state index in [0.29, 0.717) is 61.5 Å². The highest BCUT2D eigenvalue weighted by Gasteiger charge is 2.29. The Balaban J connectivity index is 1.32. The summed E-state index contributed by atoms with van der Waals surface area (Å²) in [6, 6.07) is 9.25. The zero-order valence-electron chi connectivity index (χ0n) is 18.0. The molecule has 3 amide bonds. The minimum atomic E-state index is -0.245. The van der Waals surface area contributed by atoms with Gasteiger partial charge in [-0.3, -0.25) is 14.4 Å². The molecule has 9 nitrogen and oxygen atoms in total. The Morgan fingerprint density at radius 3 is 2.75 bits per heavy atom. The fourth-order valence-corrected chi connectivity index (χ4v) is 3.92. The lowest BCUT2D eigenvalue weighted by molar-refractivity contribution is -0.130. The van der Waals surface area contributed by atoms with Gasteiger partial charge >= 0.3 is 0 Å². The van der Waals surface area contributed by atoms with Crippen LogP contribution in [0, 0.1) is 6.92 Å². The minimum Gasteiger partial charge on any atom is -0.342 e. The monoisotopic (exact) mass is 434 g/mol. The van der Waals surface area contributed by atoms with Crippen LogP contribution in [-0.2, 0) is 9.59 Å². The summed E-state index contributed by atoms with van der Waals surface area (Å²) in [5.74, 6) is 0.456. The third-order valence-corrected chi connectivity index (χ3v) is 5.79. The van der Waals surface area contributed by atoms with Crippen molar-refractivity contribution in [3.8, 4) is 0 Å². The molecule has 1 atom stereocenters. The number of rotatable bonds is 6. The summed E-state index contributed by atoms with van der Waals surface area (Å²) in [6.07, 6.45) is 4.32. The van der Waals surface area contributed by atoms with E-state index in [1.807, 2.05) is 35.2 Å². The number of nitrogens with zero attached hydrogens (tertiary/aromatic N) is 4. The van der Waals surface area contributed by atoms with Crippen LogP contribution in [0.15, 0.2) is 41.6 Å². The standard InChI is InChI=1S/C23H26N6O3/c1-15-19(23(32)26-17-5-3-2-4-6-17)13-24-22(25-15)16-11-12-29(14-16)21(31)10-8-18-7-9-20(30)28-27-18/h2-6,13,16H,7-12,14H2,1H3,(H,26,32)(H,28,30)/t16-/m1/s1. The normalized spacial score (nSPS) is 18.2. The fourth-order valence-electron chi connectivity index (χ4n) is 3.92. The number of carbonyl (C=O) groups excluding carboxylic acids is 3. The van der Waals surface area contributed by atoms with Crippen LogP contribution in [0.3, 0.4) is 0 Å². The van der Waals surface area contributed by atoms with Gasteiger partial charge in [0, 0.05) is 49.4 Å². The lowest BCUT2D eigenvalue weighted by Crippen LogP contribution is -2.30. The quantitative estimate of drug-likeness (QED) is 0.724. The number of hydrogen-bond donors (Lipinski definition) is 2. The number of benzene rings is 1. The second-order valence-electron chi connectivity index (χ2n) is 8.09. The van der Waals surface area contributed by atoms with Crippen molar-refractivity contribution in [2.75, 3.05) is 18.4 Å². The number of hydrogen-bond acceptors (Lipinski definition) is 6. The predicted octanol–water partition coefficient (Wildman–Crippen LogP) is 2.40. The van der Waals surface area contributed by atoms with Crippen LogP contribution in [0.5, 0.6) is 0 Å². The number of carbonyl (C=O) groups is 3. The molecule has 1 aromatic carbocycles. The Kier molecular flexibility index (Phi) is 6.53. The number of likely N-dealkylation sites (tertiary alicyclic amines) is 1. The Morgan fingerprint density at radius 1 is 1.22 bits per heavy atom. The molecule has 1 saturated heterocycles. The van der Waals surface area contributed by atoms with Gasteiger partial charge in [0.2, 0.25) is 11.8 Å². The molecule has 4 rings (SSSR count). The SMILES string of the molecule is Cc1nc([C@@H]2CCN(C(=O)CCC3=NNC(=O)CC3)C2)ncc1C(=O)Nc1ccccc1. The molecule has 166 valence electrons. The van der Waals surface area contributed by atoms with Crippen LogP contribution in [0.25, 0.3) is 0 Å². The Morgan fingerprint density at radius 2 is 2.03 bits per heavy atom. The number of anilines is 1. The molecular weight excluding hydrogens is 408 g/mol. The third-order valence-electron chi connectivity index (χ3n) is 5.79. The number of hydrazone groups is 1. The van der Waals surface area contributed by atoms with Crippen molar-refractivity contribution in [3.63, 3.8) is 0 Å². The van der Waals surface area contributed by atoms with E-state index in [4.69, 9.17) is 0 Å². The zero-order chi connectivity index (χ0) is 22.5. The third kappa shape index (κ3) is 5.16. The summed E-state index contributed by atoms with van der Waals surface area (Å²) < 4.78 is 0. The van der Waals surface area contributed by atoms with Gasteiger partial charge in [-0.2, -0.15) is 5.10 Å². The van der Waals surface area contributed by atoms with Crippen molar-refractivity contribution in [2.45, 2.75) is 44.9 Å². The number of aryl methyl sites for hydroxylation is 1. The second-order valence-corrected chi connectivity index (χ2v) is 8.09. The van der Waals surface area contributed by atoms with Gasteiger partial charge in [0.15, 0.2) is 0 Å². The maximum atomic E-state index is 12.6. The van der Waals surface area contributed by atoms with Gasteiger partial charge in [-0.05, 0) is 38.3 Å². The average molecular weight is 435 g/mol. The molecule has 9 heteroatoms. The lowest BCUT2D eigenvalue weighted by Gasteiger charge is -2.17. The van der Waals surface area contributed by atoms with Crippen LogP contribution >= 0.6 is 0 Å².